The second kappa shape index (κ2) is 4.88. The van der Waals surface area contributed by atoms with Crippen molar-refractivity contribution in [3.63, 3.8) is 0 Å². The van der Waals surface area contributed by atoms with Crippen LogP contribution in [0.2, 0.25) is 10.0 Å². The zero-order valence-corrected chi connectivity index (χ0v) is 13.2. The maximum Gasteiger partial charge on any atom is 0.138 e. The van der Waals surface area contributed by atoms with Gasteiger partial charge in [0.25, 0.3) is 0 Å². The Morgan fingerprint density at radius 2 is 1.83 bits per heavy atom. The predicted molar refractivity (Wildman–Crippen MR) is 79.0 cm³/mol. The zero-order valence-electron chi connectivity index (χ0n) is 10.1. The third-order valence-electron chi connectivity index (χ3n) is 4.26. The Morgan fingerprint density at radius 1 is 1.17 bits per heavy atom. The summed E-state index contributed by atoms with van der Waals surface area (Å²) in [5, 5.41) is 1.36. The van der Waals surface area contributed by atoms with Gasteiger partial charge in [0.05, 0.1) is 12.1 Å². The van der Waals surface area contributed by atoms with Gasteiger partial charge in [0.15, 0.2) is 0 Å². The first-order valence-corrected chi connectivity index (χ1v) is 7.94. The first-order chi connectivity index (χ1) is 8.60. The average Bonchev–Trinajstić information content (AvgIpc) is 2.97. The Morgan fingerprint density at radius 3 is 2.44 bits per heavy atom. The third kappa shape index (κ3) is 2.28. The van der Waals surface area contributed by atoms with Crippen LogP contribution in [-0.4, -0.2) is 7.11 Å². The standard InChI is InChI=1S/C14H15BrCl2O/c1-18-13-6-11(16)10(5-12(13)17)14(15)9-3-7-2-8(7)4-9/h5-9,14H,2-4H2,1H3. The zero-order chi connectivity index (χ0) is 12.9. The minimum atomic E-state index is 0.307. The van der Waals surface area contributed by atoms with Crippen molar-refractivity contribution in [2.45, 2.75) is 24.1 Å². The molecule has 18 heavy (non-hydrogen) atoms. The number of alkyl halides is 1. The van der Waals surface area contributed by atoms with Gasteiger partial charge in [-0.2, -0.15) is 0 Å². The molecule has 3 unspecified atom stereocenters. The number of halogens is 3. The Labute approximate surface area is 126 Å². The Balaban J connectivity index is 1.84. The van der Waals surface area contributed by atoms with Crippen molar-refractivity contribution in [1.82, 2.24) is 0 Å². The highest BCUT2D eigenvalue weighted by Gasteiger charge is 2.47. The number of hydrogen-bond acceptors (Lipinski definition) is 1. The number of hydrogen-bond donors (Lipinski definition) is 0. The van der Waals surface area contributed by atoms with E-state index in [4.69, 9.17) is 27.9 Å². The summed E-state index contributed by atoms with van der Waals surface area (Å²) in [5.74, 6) is 3.28. The lowest BCUT2D eigenvalue weighted by Gasteiger charge is -2.21. The van der Waals surface area contributed by atoms with Gasteiger partial charge in [-0.25, -0.2) is 0 Å². The molecule has 0 saturated heterocycles. The quantitative estimate of drug-likeness (QED) is 0.656. The number of rotatable bonds is 3. The van der Waals surface area contributed by atoms with E-state index in [-0.39, 0.29) is 0 Å². The molecule has 0 aliphatic heterocycles. The number of methoxy groups -OCH3 is 1. The van der Waals surface area contributed by atoms with Crippen LogP contribution in [0.4, 0.5) is 0 Å². The van der Waals surface area contributed by atoms with Gasteiger partial charge in [0.1, 0.15) is 5.75 Å². The molecule has 4 heteroatoms. The highest BCUT2D eigenvalue weighted by molar-refractivity contribution is 9.09. The van der Waals surface area contributed by atoms with Crippen LogP contribution < -0.4 is 4.74 Å². The molecule has 1 nitrogen and oxygen atoms in total. The van der Waals surface area contributed by atoms with Gasteiger partial charge in [0.2, 0.25) is 0 Å². The maximum atomic E-state index is 6.33. The lowest BCUT2D eigenvalue weighted by molar-refractivity contribution is 0.414. The molecule has 2 aliphatic carbocycles. The molecule has 2 aliphatic rings. The third-order valence-corrected chi connectivity index (χ3v) is 6.13. The minimum absolute atomic E-state index is 0.307. The fourth-order valence-electron chi connectivity index (χ4n) is 3.17. The summed E-state index contributed by atoms with van der Waals surface area (Å²) in [6.07, 6.45) is 4.08. The molecular weight excluding hydrogens is 335 g/mol. The van der Waals surface area contributed by atoms with E-state index in [9.17, 15) is 0 Å². The Kier molecular flexibility index (Phi) is 3.55. The molecule has 0 N–H and O–H groups in total. The van der Waals surface area contributed by atoms with Crippen molar-refractivity contribution in [2.24, 2.45) is 17.8 Å². The van der Waals surface area contributed by atoms with Crippen molar-refractivity contribution in [3.05, 3.63) is 27.7 Å². The van der Waals surface area contributed by atoms with E-state index in [2.05, 4.69) is 15.9 Å². The van der Waals surface area contributed by atoms with Gasteiger partial charge in [-0.15, -0.1) is 0 Å². The van der Waals surface area contributed by atoms with Crippen molar-refractivity contribution < 1.29 is 4.74 Å². The number of fused-ring (bicyclic) bond motifs is 1. The summed E-state index contributed by atoms with van der Waals surface area (Å²) in [6.45, 7) is 0. The van der Waals surface area contributed by atoms with E-state index in [1.165, 1.54) is 19.3 Å². The molecule has 3 rings (SSSR count). The van der Waals surface area contributed by atoms with Gasteiger partial charge in [0, 0.05) is 15.9 Å². The normalized spacial score (nSPS) is 31.0. The van der Waals surface area contributed by atoms with Crippen molar-refractivity contribution >= 4 is 39.1 Å². The topological polar surface area (TPSA) is 9.23 Å². The molecular formula is C14H15BrCl2O. The van der Waals surface area contributed by atoms with Gasteiger partial charge >= 0.3 is 0 Å². The van der Waals surface area contributed by atoms with Gasteiger partial charge in [-0.05, 0) is 48.6 Å². The molecule has 0 aromatic heterocycles. The smallest absolute Gasteiger partial charge is 0.138 e. The Bertz CT molecular complexity index is 467. The maximum absolute atomic E-state index is 6.33. The summed E-state index contributed by atoms with van der Waals surface area (Å²) in [5.41, 5.74) is 1.09. The van der Waals surface area contributed by atoms with Crippen LogP contribution in [0.5, 0.6) is 5.75 Å². The van der Waals surface area contributed by atoms with Crippen LogP contribution in [0.25, 0.3) is 0 Å². The van der Waals surface area contributed by atoms with Gasteiger partial charge in [-0.1, -0.05) is 39.1 Å². The van der Waals surface area contributed by atoms with E-state index in [1.54, 1.807) is 7.11 Å². The minimum Gasteiger partial charge on any atom is -0.495 e. The fraction of sp³-hybridized carbons (Fsp3) is 0.571. The summed E-state index contributed by atoms with van der Waals surface area (Å²) in [4.78, 5) is 0.307. The van der Waals surface area contributed by atoms with E-state index >= 15 is 0 Å². The molecule has 0 heterocycles. The van der Waals surface area contributed by atoms with Gasteiger partial charge < -0.3 is 4.74 Å². The largest absolute Gasteiger partial charge is 0.495 e. The molecule has 0 spiro atoms. The van der Waals surface area contributed by atoms with Crippen molar-refractivity contribution in [2.75, 3.05) is 7.11 Å². The molecule has 98 valence electrons. The monoisotopic (exact) mass is 348 g/mol. The number of benzene rings is 1. The predicted octanol–water partition coefficient (Wildman–Crippen LogP) is 5.48. The molecule has 3 atom stereocenters. The lowest BCUT2D eigenvalue weighted by atomic mass is 9.94. The summed E-state index contributed by atoms with van der Waals surface area (Å²) < 4.78 is 5.18. The van der Waals surface area contributed by atoms with Crippen LogP contribution in [-0.2, 0) is 0 Å². The van der Waals surface area contributed by atoms with E-state index in [0.29, 0.717) is 21.5 Å². The highest BCUT2D eigenvalue weighted by atomic mass is 79.9. The van der Waals surface area contributed by atoms with Crippen molar-refractivity contribution in [1.29, 1.82) is 0 Å². The summed E-state index contributed by atoms with van der Waals surface area (Å²) in [7, 11) is 1.60. The fourth-order valence-corrected chi connectivity index (χ4v) is 4.63. The molecule has 1 aromatic rings. The second-order valence-electron chi connectivity index (χ2n) is 5.40. The molecule has 2 saturated carbocycles. The lowest BCUT2D eigenvalue weighted by Crippen LogP contribution is -2.06. The van der Waals surface area contributed by atoms with E-state index in [0.717, 1.165) is 22.4 Å². The van der Waals surface area contributed by atoms with E-state index in [1.807, 2.05) is 12.1 Å². The average molecular weight is 350 g/mol. The van der Waals surface area contributed by atoms with Crippen molar-refractivity contribution in [3.8, 4) is 5.75 Å². The van der Waals surface area contributed by atoms with Crippen LogP contribution in [0.1, 0.15) is 29.7 Å². The molecule has 1 aromatic carbocycles. The molecule has 0 amide bonds. The SMILES string of the molecule is COc1cc(Cl)c(C(Br)C2CC3CC3C2)cc1Cl. The number of ether oxygens (including phenoxy) is 1. The Hall–Kier alpha value is 0.0800. The summed E-state index contributed by atoms with van der Waals surface area (Å²) >= 11 is 16.3. The molecule has 2 fully saturated rings. The molecule has 0 bridgehead atoms. The highest BCUT2D eigenvalue weighted by Crippen LogP contribution is 2.59. The first kappa shape index (κ1) is 13.1. The van der Waals surface area contributed by atoms with Crippen LogP contribution in [0.3, 0.4) is 0 Å². The van der Waals surface area contributed by atoms with Crippen LogP contribution >= 0.6 is 39.1 Å². The van der Waals surface area contributed by atoms with Crippen LogP contribution in [0, 0.1) is 17.8 Å². The second-order valence-corrected chi connectivity index (χ2v) is 7.20. The first-order valence-electron chi connectivity index (χ1n) is 6.27. The summed E-state index contributed by atoms with van der Waals surface area (Å²) in [6, 6.07) is 3.75. The molecule has 0 radical (unpaired) electrons. The van der Waals surface area contributed by atoms with E-state index < -0.39 is 0 Å². The van der Waals surface area contributed by atoms with Gasteiger partial charge in [-0.3, -0.25) is 0 Å². The van der Waals surface area contributed by atoms with Crippen LogP contribution in [0.15, 0.2) is 12.1 Å².